The molecular weight excluding hydrogens is 207 g/mol. The van der Waals surface area contributed by atoms with Gasteiger partial charge in [-0.05, 0) is 19.3 Å². The zero-order valence-electron chi connectivity index (χ0n) is 8.97. The van der Waals surface area contributed by atoms with Gasteiger partial charge in [0.1, 0.15) is 0 Å². The van der Waals surface area contributed by atoms with Crippen molar-refractivity contribution in [1.29, 1.82) is 0 Å². The highest BCUT2D eigenvalue weighted by Crippen LogP contribution is 2.38. The average molecular weight is 223 g/mol. The Hall–Kier alpha value is -0.740. The SMILES string of the molecule is CC(=O)N(C)C1CCCC(C(F)(F)F)C1. The molecule has 0 aromatic carbocycles. The van der Waals surface area contributed by atoms with Crippen molar-refractivity contribution in [2.24, 2.45) is 5.92 Å². The molecule has 1 fully saturated rings. The molecule has 0 bridgehead atoms. The summed E-state index contributed by atoms with van der Waals surface area (Å²) in [5.41, 5.74) is 0. The van der Waals surface area contributed by atoms with Gasteiger partial charge in [-0.2, -0.15) is 13.2 Å². The first-order valence-electron chi connectivity index (χ1n) is 5.12. The minimum atomic E-state index is -4.11. The van der Waals surface area contributed by atoms with Crippen molar-refractivity contribution in [2.75, 3.05) is 7.05 Å². The fourth-order valence-electron chi connectivity index (χ4n) is 2.07. The Labute approximate surface area is 87.4 Å². The molecule has 0 saturated heterocycles. The molecule has 2 atom stereocenters. The average Bonchev–Trinajstić information content (AvgIpc) is 2.15. The van der Waals surface area contributed by atoms with Crippen LogP contribution < -0.4 is 0 Å². The number of alkyl halides is 3. The number of carbonyl (C=O) groups is 1. The van der Waals surface area contributed by atoms with Gasteiger partial charge in [-0.1, -0.05) is 6.42 Å². The lowest BCUT2D eigenvalue weighted by Crippen LogP contribution is -2.41. The van der Waals surface area contributed by atoms with Gasteiger partial charge in [0.15, 0.2) is 0 Å². The van der Waals surface area contributed by atoms with Crippen LogP contribution in [0.4, 0.5) is 13.2 Å². The van der Waals surface area contributed by atoms with Crippen molar-refractivity contribution in [2.45, 2.75) is 44.8 Å². The molecule has 1 amide bonds. The normalized spacial score (nSPS) is 27.5. The first kappa shape index (κ1) is 12.3. The van der Waals surface area contributed by atoms with Gasteiger partial charge in [0.05, 0.1) is 5.92 Å². The molecule has 0 heterocycles. The number of amides is 1. The van der Waals surface area contributed by atoms with Crippen molar-refractivity contribution in [3.63, 3.8) is 0 Å². The fourth-order valence-corrected chi connectivity index (χ4v) is 2.07. The third kappa shape index (κ3) is 3.11. The maximum Gasteiger partial charge on any atom is 0.391 e. The predicted molar refractivity (Wildman–Crippen MR) is 50.2 cm³/mol. The molecular formula is C10H16F3NO. The molecule has 0 N–H and O–H groups in total. The zero-order valence-corrected chi connectivity index (χ0v) is 8.97. The minimum Gasteiger partial charge on any atom is -0.343 e. The van der Waals surface area contributed by atoms with Crippen molar-refractivity contribution in [3.05, 3.63) is 0 Å². The van der Waals surface area contributed by atoms with E-state index in [4.69, 9.17) is 0 Å². The van der Waals surface area contributed by atoms with E-state index in [1.54, 1.807) is 7.05 Å². The molecule has 2 unspecified atom stereocenters. The molecule has 5 heteroatoms. The van der Waals surface area contributed by atoms with Gasteiger partial charge < -0.3 is 4.90 Å². The Bertz CT molecular complexity index is 239. The Morgan fingerprint density at radius 3 is 2.40 bits per heavy atom. The number of nitrogens with zero attached hydrogens (tertiary/aromatic N) is 1. The molecule has 1 aliphatic carbocycles. The number of rotatable bonds is 1. The molecule has 15 heavy (non-hydrogen) atoms. The minimum absolute atomic E-state index is 0.0551. The third-order valence-corrected chi connectivity index (χ3v) is 3.15. The molecule has 1 rings (SSSR count). The van der Waals surface area contributed by atoms with E-state index >= 15 is 0 Å². The van der Waals surface area contributed by atoms with Crippen molar-refractivity contribution >= 4 is 5.91 Å². The summed E-state index contributed by atoms with van der Waals surface area (Å²) in [4.78, 5) is 12.5. The van der Waals surface area contributed by atoms with Crippen LogP contribution >= 0.6 is 0 Å². The van der Waals surface area contributed by atoms with Crippen LogP contribution in [0.2, 0.25) is 0 Å². The first-order chi connectivity index (χ1) is 6.82. The first-order valence-corrected chi connectivity index (χ1v) is 5.12. The summed E-state index contributed by atoms with van der Waals surface area (Å²) in [7, 11) is 1.58. The van der Waals surface area contributed by atoms with Gasteiger partial charge in [0, 0.05) is 20.0 Å². The summed E-state index contributed by atoms with van der Waals surface area (Å²) >= 11 is 0. The molecule has 0 aromatic rings. The van der Waals surface area contributed by atoms with Crippen LogP contribution in [0.15, 0.2) is 0 Å². The van der Waals surface area contributed by atoms with Gasteiger partial charge >= 0.3 is 6.18 Å². The van der Waals surface area contributed by atoms with Crippen molar-refractivity contribution in [1.82, 2.24) is 4.90 Å². The molecule has 0 spiro atoms. The van der Waals surface area contributed by atoms with Crippen molar-refractivity contribution < 1.29 is 18.0 Å². The standard InChI is InChI=1S/C10H16F3NO/c1-7(15)14(2)9-5-3-4-8(6-9)10(11,12)13/h8-9H,3-6H2,1-2H3. The quantitative estimate of drug-likeness (QED) is 0.669. The maximum atomic E-state index is 12.5. The van der Waals surface area contributed by atoms with Gasteiger partial charge in [-0.3, -0.25) is 4.79 Å². The summed E-state index contributed by atoms with van der Waals surface area (Å²) < 4.78 is 37.4. The lowest BCUT2D eigenvalue weighted by molar-refractivity contribution is -0.187. The van der Waals surface area contributed by atoms with Crippen LogP contribution in [-0.4, -0.2) is 30.1 Å². The highest BCUT2D eigenvalue weighted by Gasteiger charge is 2.43. The summed E-state index contributed by atoms with van der Waals surface area (Å²) in [6.07, 6.45) is -2.63. The third-order valence-electron chi connectivity index (χ3n) is 3.15. The highest BCUT2D eigenvalue weighted by atomic mass is 19.4. The summed E-state index contributed by atoms with van der Waals surface area (Å²) in [6.45, 7) is 1.39. The van der Waals surface area contributed by atoms with E-state index in [2.05, 4.69) is 0 Å². The monoisotopic (exact) mass is 223 g/mol. The van der Waals surface area contributed by atoms with Gasteiger partial charge in [0.2, 0.25) is 5.91 Å². The molecule has 1 saturated carbocycles. The summed E-state index contributed by atoms with van der Waals surface area (Å²) in [6, 6.07) is -0.247. The fraction of sp³-hybridized carbons (Fsp3) is 0.900. The van der Waals surface area contributed by atoms with Gasteiger partial charge in [-0.15, -0.1) is 0 Å². The number of hydrogen-bond donors (Lipinski definition) is 0. The van der Waals surface area contributed by atoms with E-state index in [0.29, 0.717) is 12.8 Å². The van der Waals surface area contributed by atoms with Gasteiger partial charge in [-0.25, -0.2) is 0 Å². The Kier molecular flexibility index (Phi) is 3.62. The second kappa shape index (κ2) is 4.41. The van der Waals surface area contributed by atoms with E-state index in [1.165, 1.54) is 11.8 Å². The predicted octanol–water partition coefficient (Wildman–Crippen LogP) is 2.59. The smallest absolute Gasteiger partial charge is 0.343 e. The largest absolute Gasteiger partial charge is 0.391 e. The van der Waals surface area contributed by atoms with Crippen LogP contribution in [0.5, 0.6) is 0 Å². The topological polar surface area (TPSA) is 20.3 Å². The number of carbonyl (C=O) groups excluding carboxylic acids is 1. The van der Waals surface area contributed by atoms with E-state index in [9.17, 15) is 18.0 Å². The van der Waals surface area contributed by atoms with Crippen LogP contribution in [0, 0.1) is 5.92 Å². The number of halogens is 3. The summed E-state index contributed by atoms with van der Waals surface area (Å²) in [5, 5.41) is 0. The second-order valence-electron chi connectivity index (χ2n) is 4.19. The molecule has 1 aliphatic rings. The van der Waals surface area contributed by atoms with E-state index in [1.807, 2.05) is 0 Å². The van der Waals surface area contributed by atoms with E-state index < -0.39 is 12.1 Å². The van der Waals surface area contributed by atoms with Gasteiger partial charge in [0.25, 0.3) is 0 Å². The summed E-state index contributed by atoms with van der Waals surface area (Å²) in [5.74, 6) is -1.40. The molecule has 0 radical (unpaired) electrons. The second-order valence-corrected chi connectivity index (χ2v) is 4.19. The Morgan fingerprint density at radius 2 is 1.93 bits per heavy atom. The van der Waals surface area contributed by atoms with E-state index in [0.717, 1.165) is 0 Å². The lowest BCUT2D eigenvalue weighted by Gasteiger charge is -2.35. The van der Waals surface area contributed by atoms with Crippen LogP contribution in [-0.2, 0) is 4.79 Å². The molecule has 0 aliphatic heterocycles. The molecule has 88 valence electrons. The lowest BCUT2D eigenvalue weighted by atomic mass is 9.84. The van der Waals surface area contributed by atoms with Crippen LogP contribution in [0.1, 0.15) is 32.6 Å². The van der Waals surface area contributed by atoms with Crippen molar-refractivity contribution in [3.8, 4) is 0 Å². The Morgan fingerprint density at radius 1 is 1.33 bits per heavy atom. The molecule has 2 nitrogen and oxygen atoms in total. The molecule has 0 aromatic heterocycles. The zero-order chi connectivity index (χ0) is 11.6. The Balaban J connectivity index is 2.60. The van der Waals surface area contributed by atoms with E-state index in [-0.39, 0.29) is 24.8 Å². The maximum absolute atomic E-state index is 12.5. The van der Waals surface area contributed by atoms with Crippen LogP contribution in [0.25, 0.3) is 0 Å². The highest BCUT2D eigenvalue weighted by molar-refractivity contribution is 5.73. The van der Waals surface area contributed by atoms with Crippen LogP contribution in [0.3, 0.4) is 0 Å². The number of hydrogen-bond acceptors (Lipinski definition) is 1.